The first-order chi connectivity index (χ1) is 10.5. The molecule has 0 saturated carbocycles. The van der Waals surface area contributed by atoms with E-state index in [1.54, 1.807) is 6.08 Å². The molecule has 0 aliphatic heterocycles. The summed E-state index contributed by atoms with van der Waals surface area (Å²) in [6.07, 6.45) is 2.71. The van der Waals surface area contributed by atoms with Gasteiger partial charge in [-0.1, -0.05) is 17.7 Å². The van der Waals surface area contributed by atoms with E-state index < -0.39 is 5.97 Å². The topological polar surface area (TPSA) is 54.6 Å². The molecule has 0 aliphatic carbocycles. The fourth-order valence-electron chi connectivity index (χ4n) is 2.34. The van der Waals surface area contributed by atoms with Gasteiger partial charge < -0.3 is 5.11 Å². The van der Waals surface area contributed by atoms with Gasteiger partial charge in [0.15, 0.2) is 4.96 Å². The SMILES string of the molecule is Cc1cc(-c2csc3nc(C)c(/C=C/C(=O)O)n23)ccc1Cl. The summed E-state index contributed by atoms with van der Waals surface area (Å²) in [4.78, 5) is 16.1. The number of aryl methyl sites for hydroxylation is 2. The van der Waals surface area contributed by atoms with Crippen LogP contribution in [0, 0.1) is 13.8 Å². The van der Waals surface area contributed by atoms with Gasteiger partial charge in [-0.2, -0.15) is 0 Å². The van der Waals surface area contributed by atoms with Crippen molar-refractivity contribution in [1.29, 1.82) is 0 Å². The summed E-state index contributed by atoms with van der Waals surface area (Å²) in [6.45, 7) is 3.83. The van der Waals surface area contributed by atoms with Gasteiger partial charge in [0.25, 0.3) is 0 Å². The van der Waals surface area contributed by atoms with E-state index in [-0.39, 0.29) is 0 Å². The number of carbonyl (C=O) groups is 1. The number of nitrogens with zero attached hydrogens (tertiary/aromatic N) is 2. The molecule has 112 valence electrons. The average molecular weight is 333 g/mol. The molecule has 22 heavy (non-hydrogen) atoms. The molecule has 0 atom stereocenters. The van der Waals surface area contributed by atoms with Gasteiger partial charge in [-0.3, -0.25) is 4.40 Å². The number of thiazole rings is 1. The maximum atomic E-state index is 10.8. The highest BCUT2D eigenvalue weighted by atomic mass is 35.5. The molecular weight excluding hydrogens is 320 g/mol. The average Bonchev–Trinajstić information content (AvgIpc) is 2.98. The number of aromatic nitrogens is 2. The predicted octanol–water partition coefficient (Wildman–Crippen LogP) is 4.43. The number of imidazole rings is 1. The third-order valence-electron chi connectivity index (χ3n) is 3.42. The number of halogens is 1. The van der Waals surface area contributed by atoms with Crippen molar-refractivity contribution < 1.29 is 9.90 Å². The first-order valence-corrected chi connectivity index (χ1v) is 7.87. The predicted molar refractivity (Wildman–Crippen MR) is 89.7 cm³/mol. The Kier molecular flexibility index (Phi) is 3.76. The first-order valence-electron chi connectivity index (χ1n) is 6.61. The molecule has 1 N–H and O–H groups in total. The Labute approximate surface area is 136 Å². The second kappa shape index (κ2) is 5.59. The Hall–Kier alpha value is -2.11. The van der Waals surface area contributed by atoms with Crippen molar-refractivity contribution in [2.45, 2.75) is 13.8 Å². The molecule has 4 nitrogen and oxygen atoms in total. The van der Waals surface area contributed by atoms with E-state index in [0.717, 1.165) is 44.3 Å². The van der Waals surface area contributed by atoms with Crippen LogP contribution in [-0.4, -0.2) is 20.5 Å². The van der Waals surface area contributed by atoms with Crippen LogP contribution < -0.4 is 0 Å². The normalized spacial score (nSPS) is 11.6. The van der Waals surface area contributed by atoms with Crippen molar-refractivity contribution in [1.82, 2.24) is 9.38 Å². The second-order valence-corrected chi connectivity index (χ2v) is 6.20. The summed E-state index contributed by atoms with van der Waals surface area (Å²) in [5.41, 5.74) is 4.58. The molecule has 0 saturated heterocycles. The number of carboxylic acids is 1. The van der Waals surface area contributed by atoms with Crippen molar-refractivity contribution in [2.24, 2.45) is 0 Å². The highest BCUT2D eigenvalue weighted by molar-refractivity contribution is 7.15. The third-order valence-corrected chi connectivity index (χ3v) is 4.67. The maximum absolute atomic E-state index is 10.8. The van der Waals surface area contributed by atoms with E-state index in [9.17, 15) is 4.79 Å². The molecule has 2 aromatic heterocycles. The van der Waals surface area contributed by atoms with Crippen molar-refractivity contribution in [3.05, 3.63) is 51.6 Å². The molecule has 0 amide bonds. The standard InChI is InChI=1S/C16H13ClN2O2S/c1-9-7-11(3-4-12(9)17)14-8-22-16-18-10(2)13(19(14)16)5-6-15(20)21/h3-8H,1-2H3,(H,20,21)/b6-5+. The second-order valence-electron chi connectivity index (χ2n) is 4.96. The minimum Gasteiger partial charge on any atom is -0.478 e. The highest BCUT2D eigenvalue weighted by Crippen LogP contribution is 2.31. The summed E-state index contributed by atoms with van der Waals surface area (Å²) < 4.78 is 1.97. The zero-order valence-corrected chi connectivity index (χ0v) is 13.6. The Morgan fingerprint density at radius 1 is 1.41 bits per heavy atom. The lowest BCUT2D eigenvalue weighted by atomic mass is 10.1. The molecule has 6 heteroatoms. The monoisotopic (exact) mass is 332 g/mol. The van der Waals surface area contributed by atoms with E-state index in [1.807, 2.05) is 41.8 Å². The number of rotatable bonds is 3. The van der Waals surface area contributed by atoms with Crippen molar-refractivity contribution in [2.75, 3.05) is 0 Å². The van der Waals surface area contributed by atoms with Crippen LogP contribution in [0.3, 0.4) is 0 Å². The van der Waals surface area contributed by atoms with Crippen LogP contribution in [0.5, 0.6) is 0 Å². The number of hydrogen-bond acceptors (Lipinski definition) is 3. The van der Waals surface area contributed by atoms with Crippen LogP contribution in [0.25, 0.3) is 22.3 Å². The molecule has 0 aliphatic rings. The van der Waals surface area contributed by atoms with Crippen molar-refractivity contribution >= 4 is 39.9 Å². The molecule has 3 aromatic rings. The Morgan fingerprint density at radius 2 is 2.18 bits per heavy atom. The Balaban J connectivity index is 2.22. The van der Waals surface area contributed by atoms with Gasteiger partial charge in [-0.25, -0.2) is 9.78 Å². The molecule has 2 heterocycles. The van der Waals surface area contributed by atoms with E-state index in [4.69, 9.17) is 16.7 Å². The van der Waals surface area contributed by atoms with Gasteiger partial charge in [0.1, 0.15) is 0 Å². The first kappa shape index (κ1) is 14.8. The molecule has 0 unspecified atom stereocenters. The molecular formula is C16H13ClN2O2S. The summed E-state index contributed by atoms with van der Waals surface area (Å²) in [7, 11) is 0. The lowest BCUT2D eigenvalue weighted by molar-refractivity contribution is -0.131. The van der Waals surface area contributed by atoms with Crippen LogP contribution >= 0.6 is 22.9 Å². The summed E-state index contributed by atoms with van der Waals surface area (Å²) in [5.74, 6) is -0.978. The van der Waals surface area contributed by atoms with Crippen LogP contribution in [0.2, 0.25) is 5.02 Å². The molecule has 0 spiro atoms. The fourth-order valence-corrected chi connectivity index (χ4v) is 3.40. The highest BCUT2D eigenvalue weighted by Gasteiger charge is 2.14. The van der Waals surface area contributed by atoms with Gasteiger partial charge in [0, 0.05) is 16.5 Å². The third kappa shape index (κ3) is 2.53. The van der Waals surface area contributed by atoms with Gasteiger partial charge in [0.05, 0.1) is 17.1 Å². The van der Waals surface area contributed by atoms with Gasteiger partial charge in [0.2, 0.25) is 0 Å². The smallest absolute Gasteiger partial charge is 0.328 e. The maximum Gasteiger partial charge on any atom is 0.328 e. The van der Waals surface area contributed by atoms with Crippen molar-refractivity contribution in [3.63, 3.8) is 0 Å². The number of carboxylic acid groups (broad SMARTS) is 1. The van der Waals surface area contributed by atoms with Gasteiger partial charge in [-0.05, 0) is 43.2 Å². The number of hydrogen-bond donors (Lipinski definition) is 1. The van der Waals surface area contributed by atoms with Crippen LogP contribution in [0.4, 0.5) is 0 Å². The van der Waals surface area contributed by atoms with Gasteiger partial charge in [-0.15, -0.1) is 11.3 Å². The van der Waals surface area contributed by atoms with Crippen LogP contribution in [0.15, 0.2) is 29.7 Å². The van der Waals surface area contributed by atoms with E-state index >= 15 is 0 Å². The molecule has 0 fully saturated rings. The van der Waals surface area contributed by atoms with E-state index in [2.05, 4.69) is 4.98 Å². The summed E-state index contributed by atoms with van der Waals surface area (Å²) in [5, 5.41) is 11.6. The fraction of sp³-hybridized carbons (Fsp3) is 0.125. The molecule has 3 rings (SSSR count). The minimum absolute atomic E-state index is 0.725. The van der Waals surface area contributed by atoms with Crippen molar-refractivity contribution in [3.8, 4) is 11.3 Å². The molecule has 1 aromatic carbocycles. The summed E-state index contributed by atoms with van der Waals surface area (Å²) in [6, 6.07) is 5.84. The van der Waals surface area contributed by atoms with Gasteiger partial charge >= 0.3 is 5.97 Å². The lowest BCUT2D eigenvalue weighted by Crippen LogP contribution is -1.92. The Bertz CT molecular complexity index is 908. The van der Waals surface area contributed by atoms with E-state index in [1.165, 1.54) is 11.3 Å². The van der Waals surface area contributed by atoms with Crippen LogP contribution in [-0.2, 0) is 4.79 Å². The zero-order chi connectivity index (χ0) is 15.9. The minimum atomic E-state index is -0.978. The largest absolute Gasteiger partial charge is 0.478 e. The molecule has 0 bridgehead atoms. The Morgan fingerprint density at radius 3 is 2.86 bits per heavy atom. The summed E-state index contributed by atoms with van der Waals surface area (Å²) >= 11 is 7.61. The molecule has 0 radical (unpaired) electrons. The number of benzene rings is 1. The number of aliphatic carboxylic acids is 1. The number of fused-ring (bicyclic) bond motifs is 1. The lowest BCUT2D eigenvalue weighted by Gasteiger charge is -2.05. The van der Waals surface area contributed by atoms with Crippen LogP contribution in [0.1, 0.15) is 17.0 Å². The zero-order valence-electron chi connectivity index (χ0n) is 12.0. The van der Waals surface area contributed by atoms with E-state index in [0.29, 0.717) is 0 Å². The quantitative estimate of drug-likeness (QED) is 0.722.